The highest BCUT2D eigenvalue weighted by atomic mass is 19.1. The molecule has 2 bridgehead atoms. The molecule has 3 fully saturated rings. The third-order valence-electron chi connectivity index (χ3n) is 9.87. The van der Waals surface area contributed by atoms with Crippen molar-refractivity contribution >= 4 is 17.5 Å². The standard InChI is InChI=1S/C26H34FN3O2/c1-16-17(2)26(5)18(3)25(16,4)21-22(26)24(32)30(23(21)31)15-12-28-10-13-29(14-11-28)20-8-6-19(27)7-9-20/h6-9,18,21-22H,10-15H2,1-5H3/t18?,21?,22?,25-,26+. The average Bonchev–Trinajstić information content (AvgIpc) is 3.20. The summed E-state index contributed by atoms with van der Waals surface area (Å²) < 4.78 is 13.2. The molecule has 172 valence electrons. The summed E-state index contributed by atoms with van der Waals surface area (Å²) in [6.07, 6.45) is 0. The van der Waals surface area contributed by atoms with Gasteiger partial charge >= 0.3 is 0 Å². The highest BCUT2D eigenvalue weighted by Crippen LogP contribution is 2.74. The van der Waals surface area contributed by atoms with Gasteiger partial charge in [-0.15, -0.1) is 0 Å². The van der Waals surface area contributed by atoms with Crippen LogP contribution in [0.4, 0.5) is 10.1 Å². The van der Waals surface area contributed by atoms with Gasteiger partial charge in [0, 0.05) is 55.8 Å². The molecule has 2 saturated heterocycles. The molecule has 0 spiro atoms. The number of benzene rings is 1. The van der Waals surface area contributed by atoms with Crippen molar-refractivity contribution in [3.05, 3.63) is 41.2 Å². The van der Waals surface area contributed by atoms with Crippen LogP contribution in [0.5, 0.6) is 0 Å². The van der Waals surface area contributed by atoms with Crippen LogP contribution in [0.25, 0.3) is 0 Å². The van der Waals surface area contributed by atoms with Crippen LogP contribution in [0, 0.1) is 34.4 Å². The largest absolute Gasteiger partial charge is 0.369 e. The first-order valence-corrected chi connectivity index (χ1v) is 11.9. The number of rotatable bonds is 4. The number of piperazine rings is 1. The molecule has 0 aromatic heterocycles. The summed E-state index contributed by atoms with van der Waals surface area (Å²) in [6, 6.07) is 6.63. The normalized spacial score (nSPS) is 37.1. The first-order valence-electron chi connectivity index (χ1n) is 11.9. The maximum absolute atomic E-state index is 13.5. The van der Waals surface area contributed by atoms with Crippen LogP contribution in [0.15, 0.2) is 35.4 Å². The van der Waals surface area contributed by atoms with Crippen LogP contribution < -0.4 is 4.90 Å². The summed E-state index contributed by atoms with van der Waals surface area (Å²) in [5, 5.41) is 0. The van der Waals surface area contributed by atoms with E-state index >= 15 is 0 Å². The van der Waals surface area contributed by atoms with Gasteiger partial charge in [-0.2, -0.15) is 0 Å². The zero-order chi connectivity index (χ0) is 23.0. The van der Waals surface area contributed by atoms with Gasteiger partial charge in [-0.3, -0.25) is 19.4 Å². The Bertz CT molecular complexity index is 953. The molecule has 1 saturated carbocycles. The van der Waals surface area contributed by atoms with Crippen molar-refractivity contribution < 1.29 is 14.0 Å². The lowest BCUT2D eigenvalue weighted by molar-refractivity contribution is -0.142. The smallest absolute Gasteiger partial charge is 0.234 e. The molecular formula is C26H34FN3O2. The quantitative estimate of drug-likeness (QED) is 0.532. The second kappa shape index (κ2) is 7.14. The summed E-state index contributed by atoms with van der Waals surface area (Å²) >= 11 is 0. The molecule has 2 aliphatic heterocycles. The molecule has 1 aromatic carbocycles. The number of hydrogen-bond acceptors (Lipinski definition) is 4. The molecule has 5 atom stereocenters. The van der Waals surface area contributed by atoms with E-state index in [0.29, 0.717) is 19.0 Å². The second-order valence-corrected chi connectivity index (χ2v) is 10.6. The number of carbonyl (C=O) groups is 2. The maximum atomic E-state index is 13.5. The molecule has 0 radical (unpaired) electrons. The molecular weight excluding hydrogens is 405 g/mol. The van der Waals surface area contributed by atoms with E-state index in [-0.39, 0.29) is 40.3 Å². The van der Waals surface area contributed by atoms with E-state index in [2.05, 4.69) is 44.4 Å². The zero-order valence-corrected chi connectivity index (χ0v) is 19.8. The van der Waals surface area contributed by atoms with Gasteiger partial charge < -0.3 is 4.90 Å². The molecule has 32 heavy (non-hydrogen) atoms. The first kappa shape index (κ1) is 21.6. The van der Waals surface area contributed by atoms with Crippen molar-refractivity contribution in [1.29, 1.82) is 0 Å². The Kier molecular flexibility index (Phi) is 4.83. The van der Waals surface area contributed by atoms with Crippen molar-refractivity contribution in [2.24, 2.45) is 28.6 Å². The number of allylic oxidation sites excluding steroid dienone is 2. The van der Waals surface area contributed by atoms with Gasteiger partial charge in [0.05, 0.1) is 11.8 Å². The predicted molar refractivity (Wildman–Crippen MR) is 123 cm³/mol. The lowest BCUT2D eigenvalue weighted by Crippen LogP contribution is -2.49. The predicted octanol–water partition coefficient (Wildman–Crippen LogP) is 3.56. The van der Waals surface area contributed by atoms with Crippen molar-refractivity contribution in [3.8, 4) is 0 Å². The molecule has 2 amide bonds. The topological polar surface area (TPSA) is 43.9 Å². The number of likely N-dealkylation sites (tertiary alicyclic amines) is 1. The van der Waals surface area contributed by atoms with Crippen LogP contribution in [0.2, 0.25) is 0 Å². The minimum atomic E-state index is -0.219. The SMILES string of the molecule is CC1=C(C)[C@]2(C)C3C(=O)N(CCN4CCN(c5ccc(F)cc5)CC4)C(=O)C3[C@@]1(C)C2C. The third-order valence-corrected chi connectivity index (χ3v) is 9.87. The summed E-state index contributed by atoms with van der Waals surface area (Å²) in [6.45, 7) is 15.6. The molecule has 2 heterocycles. The number of carbonyl (C=O) groups excluding carboxylic acids is 2. The van der Waals surface area contributed by atoms with Gasteiger partial charge in [0.2, 0.25) is 11.8 Å². The van der Waals surface area contributed by atoms with E-state index in [9.17, 15) is 14.0 Å². The van der Waals surface area contributed by atoms with E-state index in [1.165, 1.54) is 23.3 Å². The summed E-state index contributed by atoms with van der Waals surface area (Å²) in [5.41, 5.74) is 3.23. The fourth-order valence-electron chi connectivity index (χ4n) is 7.36. The summed E-state index contributed by atoms with van der Waals surface area (Å²) in [7, 11) is 0. The van der Waals surface area contributed by atoms with Gasteiger partial charge in [0.25, 0.3) is 0 Å². The Morgan fingerprint density at radius 2 is 1.38 bits per heavy atom. The van der Waals surface area contributed by atoms with E-state index in [1.807, 2.05) is 12.1 Å². The molecule has 6 heteroatoms. The van der Waals surface area contributed by atoms with Crippen LogP contribution in [-0.2, 0) is 9.59 Å². The van der Waals surface area contributed by atoms with Gasteiger partial charge in [-0.05, 0) is 44.0 Å². The van der Waals surface area contributed by atoms with Crippen LogP contribution in [0.3, 0.4) is 0 Å². The van der Waals surface area contributed by atoms with E-state index in [1.54, 1.807) is 4.90 Å². The molecule has 4 aliphatic rings. The number of fused-ring (bicyclic) bond motifs is 5. The monoisotopic (exact) mass is 439 g/mol. The highest BCUT2D eigenvalue weighted by Gasteiger charge is 2.75. The number of nitrogens with zero attached hydrogens (tertiary/aromatic N) is 3. The lowest BCUT2D eigenvalue weighted by atomic mass is 9.66. The van der Waals surface area contributed by atoms with Gasteiger partial charge in [-0.1, -0.05) is 31.9 Å². The number of amides is 2. The molecule has 5 rings (SSSR count). The minimum Gasteiger partial charge on any atom is -0.369 e. The first-order chi connectivity index (χ1) is 15.1. The number of anilines is 1. The van der Waals surface area contributed by atoms with E-state index in [4.69, 9.17) is 0 Å². The molecule has 0 N–H and O–H groups in total. The Balaban J connectivity index is 1.24. The average molecular weight is 440 g/mol. The maximum Gasteiger partial charge on any atom is 0.234 e. The molecule has 1 aromatic rings. The van der Waals surface area contributed by atoms with E-state index in [0.717, 1.165) is 31.9 Å². The fraction of sp³-hybridized carbons (Fsp3) is 0.615. The fourth-order valence-corrected chi connectivity index (χ4v) is 7.36. The van der Waals surface area contributed by atoms with Crippen molar-refractivity contribution in [1.82, 2.24) is 9.80 Å². The Morgan fingerprint density at radius 1 is 0.875 bits per heavy atom. The number of hydrogen-bond donors (Lipinski definition) is 0. The van der Waals surface area contributed by atoms with Crippen molar-refractivity contribution in [2.75, 3.05) is 44.2 Å². The zero-order valence-electron chi connectivity index (χ0n) is 19.8. The Labute approximate surface area is 190 Å². The number of imide groups is 1. The Hall–Kier alpha value is -2.21. The van der Waals surface area contributed by atoms with Gasteiger partial charge in [-0.25, -0.2) is 4.39 Å². The molecule has 3 unspecified atom stereocenters. The van der Waals surface area contributed by atoms with Crippen molar-refractivity contribution in [2.45, 2.75) is 34.6 Å². The minimum absolute atomic E-state index is 0.0369. The van der Waals surface area contributed by atoms with Gasteiger partial charge in [0.1, 0.15) is 5.82 Å². The number of halogens is 1. The van der Waals surface area contributed by atoms with E-state index < -0.39 is 0 Å². The lowest BCUT2D eigenvalue weighted by Gasteiger charge is -2.37. The van der Waals surface area contributed by atoms with Crippen LogP contribution in [0.1, 0.15) is 34.6 Å². The van der Waals surface area contributed by atoms with Gasteiger partial charge in [0.15, 0.2) is 0 Å². The summed E-state index contributed by atoms with van der Waals surface area (Å²) in [4.78, 5) is 33.1. The third kappa shape index (κ3) is 2.65. The van der Waals surface area contributed by atoms with Crippen LogP contribution in [-0.4, -0.2) is 60.9 Å². The highest BCUT2D eigenvalue weighted by molar-refractivity contribution is 6.07. The van der Waals surface area contributed by atoms with Crippen LogP contribution >= 0.6 is 0 Å². The molecule has 2 aliphatic carbocycles. The van der Waals surface area contributed by atoms with Crippen molar-refractivity contribution in [3.63, 3.8) is 0 Å². The summed E-state index contributed by atoms with van der Waals surface area (Å²) in [5.74, 6) is -0.268. The molecule has 5 nitrogen and oxygen atoms in total. The Morgan fingerprint density at radius 3 is 1.88 bits per heavy atom. The second-order valence-electron chi connectivity index (χ2n) is 10.6.